The number of carbonyl (C=O) groups excluding carboxylic acids is 2. The largest absolute Gasteiger partial charge is 0.472 e. The van der Waals surface area contributed by atoms with E-state index in [2.05, 4.69) is 74.6 Å². The van der Waals surface area contributed by atoms with E-state index in [9.17, 15) is 19.0 Å². The second-order valence-corrected chi connectivity index (χ2v) is 29.9. The smallest absolute Gasteiger partial charge is 0.462 e. The van der Waals surface area contributed by atoms with E-state index in [-0.39, 0.29) is 25.6 Å². The fraction of sp³-hybridized carbons (Fsp3) is 0.854. The van der Waals surface area contributed by atoms with E-state index >= 15 is 0 Å². The quantitative estimate of drug-likeness (QED) is 0.0211. The average Bonchev–Trinajstić information content (AvgIpc) is 2.14. The van der Waals surface area contributed by atoms with Crippen molar-refractivity contribution >= 4 is 19.8 Å². The summed E-state index contributed by atoms with van der Waals surface area (Å²) in [5.74, 6) is -0.784. The first kappa shape index (κ1) is 89.7. The molecule has 9 nitrogen and oxygen atoms in total. The maximum Gasteiger partial charge on any atom is 0.472 e. The van der Waals surface area contributed by atoms with E-state index in [4.69, 9.17) is 18.5 Å². The van der Waals surface area contributed by atoms with Crippen molar-refractivity contribution in [3.8, 4) is 0 Å². The van der Waals surface area contributed by atoms with Crippen molar-refractivity contribution in [1.82, 2.24) is 0 Å². The third kappa shape index (κ3) is 76.7. The third-order valence-corrected chi connectivity index (χ3v) is 19.0. The van der Waals surface area contributed by atoms with Crippen LogP contribution in [0, 0.1) is 0 Å². The third-order valence-electron chi connectivity index (χ3n) is 18.1. The number of phosphoric ester groups is 1. The zero-order valence-corrected chi connectivity index (χ0v) is 62.7. The molecule has 540 valence electrons. The molecule has 0 aromatic rings. The SMILES string of the molecule is CC/C=C\C/C=C\C/C=C\C/C=C\C/C=C\CCCCCCCCCCCCCC(=O)OC(COC(=O)CCCCCCCCCCCCCCCCCCCCCCCCCCCCCCCCCCCCCCCCCCC)COP(=O)(O)OCC[N+](C)(C)C. The summed E-state index contributed by atoms with van der Waals surface area (Å²) in [6, 6.07) is 0. The predicted molar refractivity (Wildman–Crippen MR) is 400 cm³/mol. The summed E-state index contributed by atoms with van der Waals surface area (Å²) in [6.45, 7) is 4.38. The van der Waals surface area contributed by atoms with Crippen LogP contribution in [0.2, 0.25) is 0 Å². The van der Waals surface area contributed by atoms with Gasteiger partial charge < -0.3 is 18.9 Å². The topological polar surface area (TPSA) is 108 Å². The summed E-state index contributed by atoms with van der Waals surface area (Å²) in [5, 5.41) is 0. The van der Waals surface area contributed by atoms with Gasteiger partial charge in [0.1, 0.15) is 19.8 Å². The fourth-order valence-electron chi connectivity index (χ4n) is 12.0. The maximum atomic E-state index is 12.9. The Kier molecular flexibility index (Phi) is 71.2. The van der Waals surface area contributed by atoms with E-state index in [1.165, 1.54) is 295 Å². The molecule has 0 spiro atoms. The standard InChI is InChI=1S/C82H154NO8P/c1-6-8-10-12-14-16-18-20-22-24-26-28-30-32-34-35-36-37-38-39-40-41-42-43-44-45-46-47-49-50-52-54-56-58-60-62-64-66-68-70-72-74-81(84)88-78-80(79-90-92(86,87)89-77-76-83(3,4)5)91-82(85)75-73-71-69-67-65-63-61-59-57-55-53-51-48-33-31-29-27-25-23-21-19-17-15-13-11-9-7-2/h9,11,15,17,21,23,27,29,33,48,80H,6-8,10,12-14,16,18-20,22,24-26,28,30-32,34-47,49-79H2,1-5H3/p+1/b11-9-,17-15-,23-21-,29-27-,48-33-. The molecule has 92 heavy (non-hydrogen) atoms. The molecule has 0 saturated carbocycles. The summed E-state index contributed by atoms with van der Waals surface area (Å²) in [4.78, 5) is 36.0. The highest BCUT2D eigenvalue weighted by atomic mass is 31.2. The van der Waals surface area contributed by atoms with Crippen LogP contribution in [-0.2, 0) is 32.7 Å². The molecular formula is C82H155NO8P+. The van der Waals surface area contributed by atoms with Crippen LogP contribution in [0.3, 0.4) is 0 Å². The molecule has 0 aliphatic rings. The number of esters is 2. The molecule has 0 rings (SSSR count). The number of hydrogen-bond acceptors (Lipinski definition) is 7. The summed E-state index contributed by atoms with van der Waals surface area (Å²) < 4.78 is 34.8. The molecule has 0 aromatic heterocycles. The Balaban J connectivity index is 3.88. The minimum absolute atomic E-state index is 0.0313. The van der Waals surface area contributed by atoms with Crippen LogP contribution < -0.4 is 0 Å². The Morgan fingerprint density at radius 2 is 0.620 bits per heavy atom. The number of likely N-dealkylation sites (N-methyl/N-ethyl adjacent to an activating group) is 1. The fourth-order valence-corrected chi connectivity index (χ4v) is 12.7. The van der Waals surface area contributed by atoms with E-state index in [0.717, 1.165) is 70.6 Å². The number of phosphoric acid groups is 1. The van der Waals surface area contributed by atoms with E-state index in [1.807, 2.05) is 21.1 Å². The van der Waals surface area contributed by atoms with Gasteiger partial charge in [0.2, 0.25) is 0 Å². The highest BCUT2D eigenvalue weighted by molar-refractivity contribution is 7.47. The lowest BCUT2D eigenvalue weighted by Crippen LogP contribution is -2.37. The Hall–Kier alpha value is -2.29. The lowest BCUT2D eigenvalue weighted by molar-refractivity contribution is -0.870. The van der Waals surface area contributed by atoms with Gasteiger partial charge in [0, 0.05) is 12.8 Å². The van der Waals surface area contributed by atoms with Gasteiger partial charge in [0.25, 0.3) is 0 Å². The Morgan fingerprint density at radius 3 is 0.924 bits per heavy atom. The van der Waals surface area contributed by atoms with Crippen LogP contribution in [0.15, 0.2) is 60.8 Å². The minimum atomic E-state index is -4.40. The van der Waals surface area contributed by atoms with Crippen molar-refractivity contribution in [2.24, 2.45) is 0 Å². The number of unbranched alkanes of at least 4 members (excludes halogenated alkanes) is 51. The summed E-state index contributed by atoms with van der Waals surface area (Å²) in [5.41, 5.74) is 0. The van der Waals surface area contributed by atoms with Crippen LogP contribution >= 0.6 is 7.82 Å². The molecule has 0 amide bonds. The van der Waals surface area contributed by atoms with Crippen LogP contribution in [-0.4, -0.2) is 74.9 Å². The van der Waals surface area contributed by atoms with Crippen LogP contribution in [0.25, 0.3) is 0 Å². The molecule has 0 aliphatic carbocycles. The maximum absolute atomic E-state index is 12.9. The Bertz CT molecular complexity index is 1740. The van der Waals surface area contributed by atoms with Gasteiger partial charge in [-0.1, -0.05) is 389 Å². The van der Waals surface area contributed by atoms with Crippen molar-refractivity contribution in [3.05, 3.63) is 60.8 Å². The Morgan fingerprint density at radius 1 is 0.348 bits per heavy atom. The van der Waals surface area contributed by atoms with Crippen molar-refractivity contribution in [1.29, 1.82) is 0 Å². The number of quaternary nitrogens is 1. The zero-order valence-electron chi connectivity index (χ0n) is 61.8. The van der Waals surface area contributed by atoms with Crippen molar-refractivity contribution in [2.75, 3.05) is 47.5 Å². The average molecular weight is 1310 g/mol. The lowest BCUT2D eigenvalue weighted by Gasteiger charge is -2.24. The Labute approximate surface area is 572 Å². The van der Waals surface area contributed by atoms with Crippen LogP contribution in [0.1, 0.15) is 399 Å². The molecule has 2 atom stereocenters. The van der Waals surface area contributed by atoms with Gasteiger partial charge in [-0.15, -0.1) is 0 Å². The minimum Gasteiger partial charge on any atom is -0.462 e. The van der Waals surface area contributed by atoms with Gasteiger partial charge in [-0.2, -0.15) is 0 Å². The predicted octanol–water partition coefficient (Wildman–Crippen LogP) is 26.5. The number of hydrogen-bond donors (Lipinski definition) is 1. The van der Waals surface area contributed by atoms with E-state index in [0.29, 0.717) is 23.9 Å². The first-order valence-electron chi connectivity index (χ1n) is 40.0. The summed E-state index contributed by atoms with van der Waals surface area (Å²) in [6.07, 6.45) is 98.1. The van der Waals surface area contributed by atoms with Gasteiger partial charge in [0.05, 0.1) is 27.7 Å². The van der Waals surface area contributed by atoms with Crippen molar-refractivity contribution in [2.45, 2.75) is 405 Å². The molecule has 0 fully saturated rings. The summed E-state index contributed by atoms with van der Waals surface area (Å²) >= 11 is 0. The molecule has 0 radical (unpaired) electrons. The normalized spacial score (nSPS) is 13.3. The van der Waals surface area contributed by atoms with Crippen molar-refractivity contribution < 1.29 is 42.1 Å². The van der Waals surface area contributed by atoms with Crippen molar-refractivity contribution in [3.63, 3.8) is 0 Å². The van der Waals surface area contributed by atoms with Gasteiger partial charge >= 0.3 is 19.8 Å². The number of carbonyl (C=O) groups is 2. The molecular weight excluding hydrogens is 1160 g/mol. The van der Waals surface area contributed by atoms with E-state index < -0.39 is 26.5 Å². The second kappa shape index (κ2) is 73.0. The first-order chi connectivity index (χ1) is 45.0. The van der Waals surface area contributed by atoms with Gasteiger partial charge in [-0.3, -0.25) is 18.6 Å². The highest BCUT2D eigenvalue weighted by Crippen LogP contribution is 2.43. The van der Waals surface area contributed by atoms with Gasteiger partial charge in [-0.05, 0) is 57.8 Å². The second-order valence-electron chi connectivity index (χ2n) is 28.4. The molecule has 0 bridgehead atoms. The molecule has 0 aromatic carbocycles. The summed E-state index contributed by atoms with van der Waals surface area (Å²) in [7, 11) is 1.49. The van der Waals surface area contributed by atoms with Crippen LogP contribution in [0.4, 0.5) is 0 Å². The zero-order chi connectivity index (χ0) is 66.9. The molecule has 0 heterocycles. The van der Waals surface area contributed by atoms with Gasteiger partial charge in [-0.25, -0.2) is 4.57 Å². The number of nitrogens with zero attached hydrogens (tertiary/aromatic N) is 1. The number of rotatable bonds is 75. The van der Waals surface area contributed by atoms with Crippen LogP contribution in [0.5, 0.6) is 0 Å². The molecule has 10 heteroatoms. The van der Waals surface area contributed by atoms with E-state index in [1.54, 1.807) is 0 Å². The molecule has 0 saturated heterocycles. The first-order valence-corrected chi connectivity index (χ1v) is 41.5. The molecule has 0 aliphatic heterocycles. The monoisotopic (exact) mass is 1310 g/mol. The lowest BCUT2D eigenvalue weighted by atomic mass is 10.0. The number of allylic oxidation sites excluding steroid dienone is 10. The van der Waals surface area contributed by atoms with Gasteiger partial charge in [0.15, 0.2) is 6.10 Å². The molecule has 2 unspecified atom stereocenters. The number of ether oxygens (including phenoxy) is 2. The molecule has 1 N–H and O–H groups in total. The highest BCUT2D eigenvalue weighted by Gasteiger charge is 2.27.